The van der Waals surface area contributed by atoms with Crippen molar-refractivity contribution in [3.63, 3.8) is 0 Å². The van der Waals surface area contributed by atoms with Crippen LogP contribution in [0.3, 0.4) is 0 Å². The van der Waals surface area contributed by atoms with E-state index < -0.39 is 6.10 Å². The maximum Gasteiger partial charge on any atom is 0.251 e. The SMILES string of the molecule is C[C@H](O)CNC(=O)c1ccc2c(c1)NCC2. The number of carbonyl (C=O) groups is 1. The van der Waals surface area contributed by atoms with Gasteiger partial charge in [-0.1, -0.05) is 6.07 Å². The third-order valence-electron chi connectivity index (χ3n) is 2.64. The summed E-state index contributed by atoms with van der Waals surface area (Å²) in [7, 11) is 0. The zero-order valence-electron chi connectivity index (χ0n) is 9.29. The molecule has 1 aromatic carbocycles. The molecule has 2 rings (SSSR count). The molecule has 1 heterocycles. The van der Waals surface area contributed by atoms with E-state index in [1.165, 1.54) is 5.56 Å². The average Bonchev–Trinajstić information content (AvgIpc) is 2.72. The zero-order chi connectivity index (χ0) is 11.5. The number of nitrogens with one attached hydrogen (secondary N) is 2. The molecule has 4 heteroatoms. The Labute approximate surface area is 94.7 Å². The van der Waals surface area contributed by atoms with Gasteiger partial charge < -0.3 is 15.7 Å². The van der Waals surface area contributed by atoms with Crippen molar-refractivity contribution < 1.29 is 9.90 Å². The molecular formula is C12H16N2O2. The van der Waals surface area contributed by atoms with Gasteiger partial charge in [0.1, 0.15) is 0 Å². The zero-order valence-corrected chi connectivity index (χ0v) is 9.29. The molecule has 0 radical (unpaired) electrons. The van der Waals surface area contributed by atoms with Gasteiger partial charge in [-0.2, -0.15) is 0 Å². The van der Waals surface area contributed by atoms with Crippen molar-refractivity contribution in [2.45, 2.75) is 19.4 Å². The molecule has 0 saturated carbocycles. The van der Waals surface area contributed by atoms with Crippen LogP contribution in [0.5, 0.6) is 0 Å². The van der Waals surface area contributed by atoms with Gasteiger partial charge in [0.05, 0.1) is 6.10 Å². The lowest BCUT2D eigenvalue weighted by molar-refractivity contribution is 0.0924. The number of amides is 1. The lowest BCUT2D eigenvalue weighted by Gasteiger charge is -2.08. The van der Waals surface area contributed by atoms with Crippen molar-refractivity contribution in [3.8, 4) is 0 Å². The summed E-state index contributed by atoms with van der Waals surface area (Å²) in [5.74, 6) is -0.141. The Morgan fingerprint density at radius 1 is 1.62 bits per heavy atom. The van der Waals surface area contributed by atoms with Crippen LogP contribution in [-0.4, -0.2) is 30.2 Å². The Morgan fingerprint density at radius 3 is 3.19 bits per heavy atom. The lowest BCUT2D eigenvalue weighted by Crippen LogP contribution is -2.30. The molecule has 1 atom stereocenters. The third-order valence-corrected chi connectivity index (χ3v) is 2.64. The fourth-order valence-electron chi connectivity index (χ4n) is 1.77. The van der Waals surface area contributed by atoms with Gasteiger partial charge in [-0.3, -0.25) is 4.79 Å². The number of anilines is 1. The molecule has 0 aliphatic carbocycles. The Kier molecular flexibility index (Phi) is 3.10. The summed E-state index contributed by atoms with van der Waals surface area (Å²) >= 11 is 0. The molecule has 86 valence electrons. The summed E-state index contributed by atoms with van der Waals surface area (Å²) in [6, 6.07) is 5.66. The highest BCUT2D eigenvalue weighted by Crippen LogP contribution is 2.22. The molecule has 0 unspecified atom stereocenters. The van der Waals surface area contributed by atoms with Crippen LogP contribution in [0.1, 0.15) is 22.8 Å². The van der Waals surface area contributed by atoms with Crippen LogP contribution >= 0.6 is 0 Å². The Hall–Kier alpha value is -1.55. The Morgan fingerprint density at radius 2 is 2.44 bits per heavy atom. The first kappa shape index (κ1) is 11.0. The quantitative estimate of drug-likeness (QED) is 0.705. The molecule has 1 aliphatic heterocycles. The van der Waals surface area contributed by atoms with E-state index in [0.717, 1.165) is 18.7 Å². The predicted octanol–water partition coefficient (Wildman–Crippen LogP) is 0.765. The molecule has 1 aliphatic rings. The molecule has 3 N–H and O–H groups in total. The number of carbonyl (C=O) groups excluding carboxylic acids is 1. The second kappa shape index (κ2) is 4.53. The molecular weight excluding hydrogens is 204 g/mol. The highest BCUT2D eigenvalue weighted by atomic mass is 16.3. The van der Waals surface area contributed by atoms with Crippen molar-refractivity contribution in [1.82, 2.24) is 5.32 Å². The van der Waals surface area contributed by atoms with E-state index in [1.807, 2.05) is 18.2 Å². The van der Waals surface area contributed by atoms with Crippen LogP contribution in [0.15, 0.2) is 18.2 Å². The highest BCUT2D eigenvalue weighted by molar-refractivity contribution is 5.95. The van der Waals surface area contributed by atoms with Crippen LogP contribution in [0.2, 0.25) is 0 Å². The summed E-state index contributed by atoms with van der Waals surface area (Å²) in [5.41, 5.74) is 2.94. The first-order valence-corrected chi connectivity index (χ1v) is 5.50. The maximum absolute atomic E-state index is 11.7. The number of benzene rings is 1. The van der Waals surface area contributed by atoms with E-state index in [-0.39, 0.29) is 12.5 Å². The fourth-order valence-corrected chi connectivity index (χ4v) is 1.77. The highest BCUT2D eigenvalue weighted by Gasteiger charge is 2.13. The molecule has 4 nitrogen and oxygen atoms in total. The summed E-state index contributed by atoms with van der Waals surface area (Å²) in [6.45, 7) is 2.86. The molecule has 0 saturated heterocycles. The van der Waals surface area contributed by atoms with E-state index in [4.69, 9.17) is 5.11 Å². The van der Waals surface area contributed by atoms with E-state index in [0.29, 0.717) is 5.56 Å². The van der Waals surface area contributed by atoms with Gasteiger partial charge >= 0.3 is 0 Å². The first-order valence-electron chi connectivity index (χ1n) is 5.50. The van der Waals surface area contributed by atoms with E-state index in [2.05, 4.69) is 10.6 Å². The lowest BCUT2D eigenvalue weighted by atomic mass is 10.1. The summed E-state index contributed by atoms with van der Waals surface area (Å²) in [6.07, 6.45) is 0.502. The minimum absolute atomic E-state index is 0.141. The molecule has 0 aromatic heterocycles. The van der Waals surface area contributed by atoms with Gasteiger partial charge in [-0.15, -0.1) is 0 Å². The van der Waals surface area contributed by atoms with Crippen molar-refractivity contribution >= 4 is 11.6 Å². The molecule has 0 spiro atoms. The standard InChI is InChI=1S/C12H16N2O2/c1-8(15)7-14-12(16)10-3-2-9-4-5-13-11(9)6-10/h2-3,6,8,13,15H,4-5,7H2,1H3,(H,14,16)/t8-/m0/s1. The second-order valence-electron chi connectivity index (χ2n) is 4.11. The number of aliphatic hydroxyl groups excluding tert-OH is 1. The van der Waals surface area contributed by atoms with Crippen molar-refractivity contribution in [2.75, 3.05) is 18.4 Å². The summed E-state index contributed by atoms with van der Waals surface area (Å²) in [5, 5.41) is 15.0. The van der Waals surface area contributed by atoms with Crippen LogP contribution in [0.25, 0.3) is 0 Å². The first-order chi connectivity index (χ1) is 7.66. The largest absolute Gasteiger partial charge is 0.392 e. The molecule has 0 bridgehead atoms. The van der Waals surface area contributed by atoms with Crippen LogP contribution in [0, 0.1) is 0 Å². The number of aliphatic hydroxyl groups is 1. The Balaban J connectivity index is 2.06. The normalized spacial score (nSPS) is 15.1. The molecule has 0 fully saturated rings. The van der Waals surface area contributed by atoms with Crippen LogP contribution in [-0.2, 0) is 6.42 Å². The van der Waals surface area contributed by atoms with Crippen molar-refractivity contribution in [3.05, 3.63) is 29.3 Å². The van der Waals surface area contributed by atoms with E-state index >= 15 is 0 Å². The summed E-state index contributed by atoms with van der Waals surface area (Å²) in [4.78, 5) is 11.7. The molecule has 1 amide bonds. The number of hydrogen-bond donors (Lipinski definition) is 3. The number of hydrogen-bond acceptors (Lipinski definition) is 3. The van der Waals surface area contributed by atoms with Crippen LogP contribution < -0.4 is 10.6 Å². The maximum atomic E-state index is 11.7. The van der Waals surface area contributed by atoms with Gasteiger partial charge in [0, 0.05) is 24.3 Å². The monoisotopic (exact) mass is 220 g/mol. The van der Waals surface area contributed by atoms with Gasteiger partial charge in [0.2, 0.25) is 0 Å². The van der Waals surface area contributed by atoms with Crippen LogP contribution in [0.4, 0.5) is 5.69 Å². The van der Waals surface area contributed by atoms with E-state index in [1.54, 1.807) is 6.92 Å². The average molecular weight is 220 g/mol. The van der Waals surface area contributed by atoms with Gasteiger partial charge in [0.15, 0.2) is 0 Å². The third kappa shape index (κ3) is 2.33. The van der Waals surface area contributed by atoms with Crippen molar-refractivity contribution in [2.24, 2.45) is 0 Å². The second-order valence-corrected chi connectivity index (χ2v) is 4.11. The van der Waals surface area contributed by atoms with Gasteiger partial charge in [-0.25, -0.2) is 0 Å². The topological polar surface area (TPSA) is 61.4 Å². The Bertz CT molecular complexity index is 402. The molecule has 16 heavy (non-hydrogen) atoms. The minimum Gasteiger partial charge on any atom is -0.392 e. The number of fused-ring (bicyclic) bond motifs is 1. The van der Waals surface area contributed by atoms with E-state index in [9.17, 15) is 4.79 Å². The predicted molar refractivity (Wildman–Crippen MR) is 62.6 cm³/mol. The summed E-state index contributed by atoms with van der Waals surface area (Å²) < 4.78 is 0. The smallest absolute Gasteiger partial charge is 0.251 e. The fraction of sp³-hybridized carbons (Fsp3) is 0.417. The number of rotatable bonds is 3. The van der Waals surface area contributed by atoms with Gasteiger partial charge in [-0.05, 0) is 31.0 Å². The van der Waals surface area contributed by atoms with Gasteiger partial charge in [0.25, 0.3) is 5.91 Å². The minimum atomic E-state index is -0.517. The molecule has 1 aromatic rings. The van der Waals surface area contributed by atoms with Crippen molar-refractivity contribution in [1.29, 1.82) is 0 Å².